The lowest BCUT2D eigenvalue weighted by Gasteiger charge is -2.09. The summed E-state index contributed by atoms with van der Waals surface area (Å²) < 4.78 is -1.60. The van der Waals surface area contributed by atoms with Crippen LogP contribution in [0.15, 0.2) is 4.99 Å². The lowest BCUT2D eigenvalue weighted by Crippen LogP contribution is -2.28. The minimum Gasteiger partial charge on any atom is -0.384 e. The van der Waals surface area contributed by atoms with Crippen molar-refractivity contribution in [2.75, 3.05) is 6.54 Å². The number of unbranched alkanes of at least 4 members (excludes halogenated alkanes) is 2. The Morgan fingerprint density at radius 3 is 2.46 bits per heavy atom. The molecule has 0 aliphatic rings. The molecule has 0 aliphatic carbocycles. The van der Waals surface area contributed by atoms with Crippen LogP contribution in [0.2, 0.25) is 0 Å². The molecule has 6 heteroatoms. The molecule has 0 radical (unpaired) electrons. The SMILES string of the molecule is N=CCCCCN=C(N)C(Cl)(Cl)Cl. The summed E-state index contributed by atoms with van der Waals surface area (Å²) in [5.41, 5.74) is 5.37. The maximum atomic E-state index is 6.77. The Morgan fingerprint density at radius 1 is 1.38 bits per heavy atom. The van der Waals surface area contributed by atoms with Crippen LogP contribution in [0.3, 0.4) is 0 Å². The number of hydrogen-bond acceptors (Lipinski definition) is 2. The number of nitrogens with one attached hydrogen (secondary N) is 1. The third kappa shape index (κ3) is 7.11. The molecule has 0 unspecified atom stereocenters. The van der Waals surface area contributed by atoms with E-state index in [1.165, 1.54) is 6.21 Å². The summed E-state index contributed by atoms with van der Waals surface area (Å²) in [7, 11) is 0. The Balaban J connectivity index is 3.66. The van der Waals surface area contributed by atoms with E-state index >= 15 is 0 Å². The van der Waals surface area contributed by atoms with Gasteiger partial charge in [-0.25, -0.2) is 0 Å². The molecule has 0 aliphatic heterocycles. The second-order valence-electron chi connectivity index (χ2n) is 2.46. The van der Waals surface area contributed by atoms with Crippen LogP contribution in [0.1, 0.15) is 19.3 Å². The first-order valence-corrected chi connectivity index (χ1v) is 4.98. The third-order valence-corrected chi connectivity index (χ3v) is 1.91. The maximum Gasteiger partial charge on any atom is 0.247 e. The molecule has 0 fully saturated rings. The maximum absolute atomic E-state index is 6.77. The number of alkyl halides is 3. The van der Waals surface area contributed by atoms with Crippen molar-refractivity contribution in [3.8, 4) is 0 Å². The first-order chi connectivity index (χ1) is 5.98. The molecule has 76 valence electrons. The van der Waals surface area contributed by atoms with E-state index in [2.05, 4.69) is 4.99 Å². The van der Waals surface area contributed by atoms with Crippen LogP contribution < -0.4 is 5.73 Å². The van der Waals surface area contributed by atoms with Gasteiger partial charge in [-0.2, -0.15) is 0 Å². The highest BCUT2D eigenvalue weighted by atomic mass is 35.6. The summed E-state index contributed by atoms with van der Waals surface area (Å²) in [6.07, 6.45) is 3.86. The van der Waals surface area contributed by atoms with Crippen molar-refractivity contribution >= 4 is 46.9 Å². The van der Waals surface area contributed by atoms with E-state index in [0.717, 1.165) is 19.3 Å². The molecule has 0 spiro atoms. The van der Waals surface area contributed by atoms with E-state index < -0.39 is 3.79 Å². The molecular weight excluding hydrogens is 232 g/mol. The first-order valence-electron chi connectivity index (χ1n) is 3.84. The van der Waals surface area contributed by atoms with Crippen LogP contribution in [0, 0.1) is 5.41 Å². The zero-order valence-corrected chi connectivity index (χ0v) is 9.33. The zero-order chi connectivity index (χ0) is 10.3. The summed E-state index contributed by atoms with van der Waals surface area (Å²) in [6.45, 7) is 0.535. The Hall–Kier alpha value is 0.01000. The van der Waals surface area contributed by atoms with Gasteiger partial charge in [-0.3, -0.25) is 4.99 Å². The third-order valence-electron chi connectivity index (χ3n) is 1.33. The molecule has 0 aromatic heterocycles. The minimum absolute atomic E-state index is 0.0207. The zero-order valence-electron chi connectivity index (χ0n) is 7.06. The van der Waals surface area contributed by atoms with Crippen LogP contribution in [0.4, 0.5) is 0 Å². The number of nitrogens with zero attached hydrogens (tertiary/aromatic N) is 1. The van der Waals surface area contributed by atoms with Gasteiger partial charge in [0.25, 0.3) is 0 Å². The summed E-state index contributed by atoms with van der Waals surface area (Å²) in [4.78, 5) is 3.89. The standard InChI is InChI=1S/C7H12Cl3N3/c8-7(9,10)6(12)13-5-3-1-2-4-11/h4,11H,1-3,5H2,(H2,12,13). The number of hydrogen-bond donors (Lipinski definition) is 2. The second-order valence-corrected chi connectivity index (χ2v) is 4.75. The molecular formula is C7H12Cl3N3. The number of rotatable bonds is 5. The van der Waals surface area contributed by atoms with Gasteiger partial charge in [-0.15, -0.1) is 0 Å². The molecule has 0 heterocycles. The highest BCUT2D eigenvalue weighted by Crippen LogP contribution is 2.25. The van der Waals surface area contributed by atoms with Gasteiger partial charge in [0.15, 0.2) is 0 Å². The van der Waals surface area contributed by atoms with Crippen LogP contribution in [-0.4, -0.2) is 22.4 Å². The quantitative estimate of drug-likeness (QED) is 0.332. The molecule has 3 N–H and O–H groups in total. The van der Waals surface area contributed by atoms with Gasteiger partial charge in [0, 0.05) is 6.54 Å². The highest BCUT2D eigenvalue weighted by Gasteiger charge is 2.24. The lowest BCUT2D eigenvalue weighted by molar-refractivity contribution is 0.776. The summed E-state index contributed by atoms with van der Waals surface area (Å²) in [5.74, 6) is 0.0207. The Bertz CT molecular complexity index is 186. The normalized spacial score (nSPS) is 13.0. The monoisotopic (exact) mass is 243 g/mol. The lowest BCUT2D eigenvalue weighted by atomic mass is 10.2. The molecule has 0 saturated heterocycles. The van der Waals surface area contributed by atoms with Crippen molar-refractivity contribution in [3.63, 3.8) is 0 Å². The molecule has 0 amide bonds. The Kier molecular flexibility index (Phi) is 6.47. The van der Waals surface area contributed by atoms with Crippen LogP contribution in [0.5, 0.6) is 0 Å². The number of nitrogens with two attached hydrogens (primary N) is 1. The van der Waals surface area contributed by atoms with E-state index in [9.17, 15) is 0 Å². The second kappa shape index (κ2) is 6.46. The first kappa shape index (κ1) is 13.0. The van der Waals surface area contributed by atoms with Gasteiger partial charge < -0.3 is 11.1 Å². The van der Waals surface area contributed by atoms with Gasteiger partial charge in [0.1, 0.15) is 5.84 Å². The van der Waals surface area contributed by atoms with Gasteiger partial charge in [-0.05, 0) is 25.5 Å². The summed E-state index contributed by atoms with van der Waals surface area (Å²) >= 11 is 16.4. The minimum atomic E-state index is -1.60. The molecule has 0 aromatic carbocycles. The van der Waals surface area contributed by atoms with Gasteiger partial charge >= 0.3 is 0 Å². The van der Waals surface area contributed by atoms with Crippen molar-refractivity contribution in [1.29, 1.82) is 5.41 Å². The van der Waals surface area contributed by atoms with E-state index in [0.29, 0.717) is 6.54 Å². The van der Waals surface area contributed by atoms with Crippen molar-refractivity contribution in [2.45, 2.75) is 23.1 Å². The fourth-order valence-electron chi connectivity index (χ4n) is 0.647. The average Bonchev–Trinajstić information content (AvgIpc) is 2.02. The Labute approximate surface area is 92.8 Å². The number of amidine groups is 1. The predicted octanol–water partition coefficient (Wildman–Crippen LogP) is 2.53. The number of aliphatic imine (C=N–C) groups is 1. The van der Waals surface area contributed by atoms with Crippen LogP contribution >= 0.6 is 34.8 Å². The topological polar surface area (TPSA) is 62.2 Å². The van der Waals surface area contributed by atoms with Gasteiger partial charge in [-0.1, -0.05) is 34.8 Å². The van der Waals surface area contributed by atoms with Crippen molar-refractivity contribution in [2.24, 2.45) is 10.7 Å². The van der Waals surface area contributed by atoms with Crippen LogP contribution in [-0.2, 0) is 0 Å². The summed E-state index contributed by atoms with van der Waals surface area (Å²) in [5, 5.41) is 6.77. The molecule has 0 bridgehead atoms. The average molecular weight is 245 g/mol. The smallest absolute Gasteiger partial charge is 0.247 e. The van der Waals surface area contributed by atoms with Crippen molar-refractivity contribution in [1.82, 2.24) is 0 Å². The van der Waals surface area contributed by atoms with E-state index in [1.54, 1.807) is 0 Å². The fourth-order valence-corrected chi connectivity index (χ4v) is 0.827. The highest BCUT2D eigenvalue weighted by molar-refractivity contribution is 6.76. The van der Waals surface area contributed by atoms with E-state index in [4.69, 9.17) is 45.9 Å². The largest absolute Gasteiger partial charge is 0.384 e. The van der Waals surface area contributed by atoms with E-state index in [1.807, 2.05) is 0 Å². The van der Waals surface area contributed by atoms with Crippen molar-refractivity contribution < 1.29 is 0 Å². The molecule has 0 atom stereocenters. The Morgan fingerprint density at radius 2 is 2.00 bits per heavy atom. The number of halogens is 3. The van der Waals surface area contributed by atoms with Gasteiger partial charge in [0.2, 0.25) is 3.79 Å². The molecule has 0 saturated carbocycles. The molecule has 13 heavy (non-hydrogen) atoms. The summed E-state index contributed by atoms with van der Waals surface area (Å²) in [6, 6.07) is 0. The van der Waals surface area contributed by atoms with Crippen LogP contribution in [0.25, 0.3) is 0 Å². The van der Waals surface area contributed by atoms with Crippen molar-refractivity contribution in [3.05, 3.63) is 0 Å². The fraction of sp³-hybridized carbons (Fsp3) is 0.714. The predicted molar refractivity (Wildman–Crippen MR) is 59.4 cm³/mol. The molecule has 3 nitrogen and oxygen atoms in total. The van der Waals surface area contributed by atoms with E-state index in [-0.39, 0.29) is 5.84 Å². The van der Waals surface area contributed by atoms with Gasteiger partial charge in [0.05, 0.1) is 0 Å². The molecule has 0 rings (SSSR count). The molecule has 0 aromatic rings.